The fraction of sp³-hybridized carbons (Fsp3) is 0.786. The molecule has 0 saturated carbocycles. The zero-order valence-electron chi connectivity index (χ0n) is 15.9. The van der Waals surface area contributed by atoms with Crippen molar-refractivity contribution in [1.82, 2.24) is 0 Å². The Morgan fingerprint density at radius 1 is 0.571 bits per heavy atom. The summed E-state index contributed by atoms with van der Waals surface area (Å²) in [6, 6.07) is 0. The Kier molecular flexibility index (Phi) is 7.96. The van der Waals surface area contributed by atoms with E-state index in [-0.39, 0.29) is 0 Å². The van der Waals surface area contributed by atoms with Gasteiger partial charge in [-0.25, -0.2) is 9.18 Å². The summed E-state index contributed by atoms with van der Waals surface area (Å²) in [6.45, 7) is -0.135. The minimum absolute atomic E-state index is 0.606. The topological polar surface area (TPSA) is 26.3 Å². The smallest absolute Gasteiger partial charge is 0.438 e. The second-order valence-electron chi connectivity index (χ2n) is 6.59. The molecule has 35 heavy (non-hydrogen) atoms. The summed E-state index contributed by atoms with van der Waals surface area (Å²) in [4.78, 5) is 10.8. The van der Waals surface area contributed by atoms with E-state index in [0.717, 1.165) is 0 Å². The normalized spacial score (nSPS) is 15.8. The molecular weight excluding hydrogens is 561 g/mol. The van der Waals surface area contributed by atoms with Crippen LogP contribution in [0.1, 0.15) is 6.92 Å². The molecule has 0 heterocycles. The summed E-state index contributed by atoms with van der Waals surface area (Å²) >= 11 is 0. The predicted octanol–water partition coefficient (Wildman–Crippen LogP) is 6.75. The number of halogens is 19. The number of rotatable bonds is 9. The van der Waals surface area contributed by atoms with Gasteiger partial charge in [0, 0.05) is 5.57 Å². The molecule has 0 aromatic heterocycles. The van der Waals surface area contributed by atoms with Crippen LogP contribution in [0.25, 0.3) is 0 Å². The van der Waals surface area contributed by atoms with Crippen molar-refractivity contribution in [2.24, 2.45) is 0 Å². The summed E-state index contributed by atoms with van der Waals surface area (Å²) in [5, 5.41) is 0. The Labute approximate surface area is 179 Å². The molecule has 0 aliphatic rings. The fourth-order valence-corrected chi connectivity index (χ4v) is 1.92. The first kappa shape index (κ1) is 32.9. The van der Waals surface area contributed by atoms with Crippen LogP contribution in [0, 0.1) is 0 Å². The molecule has 2 nitrogen and oxygen atoms in total. The van der Waals surface area contributed by atoms with Crippen molar-refractivity contribution in [1.29, 1.82) is 0 Å². The zero-order valence-corrected chi connectivity index (χ0v) is 15.9. The van der Waals surface area contributed by atoms with Crippen LogP contribution in [0.4, 0.5) is 83.4 Å². The van der Waals surface area contributed by atoms with Crippen LogP contribution in [-0.2, 0) is 9.53 Å². The number of esters is 1. The summed E-state index contributed by atoms with van der Waals surface area (Å²) in [6.07, 6.45) is -16.7. The van der Waals surface area contributed by atoms with Gasteiger partial charge in [-0.15, -0.1) is 0 Å². The Balaban J connectivity index is 6.89. The summed E-state index contributed by atoms with van der Waals surface area (Å²) in [7, 11) is 0. The first-order valence-electron chi connectivity index (χ1n) is 7.74. The van der Waals surface area contributed by atoms with Gasteiger partial charge in [-0.3, -0.25) is 0 Å². The maximum atomic E-state index is 13.5. The van der Waals surface area contributed by atoms with E-state index in [1.165, 1.54) is 0 Å². The van der Waals surface area contributed by atoms with Crippen LogP contribution in [0.5, 0.6) is 0 Å². The van der Waals surface area contributed by atoms with Crippen LogP contribution < -0.4 is 0 Å². The highest BCUT2D eigenvalue weighted by atomic mass is 19.4. The lowest BCUT2D eigenvalue weighted by Gasteiger charge is -2.44. The second kappa shape index (κ2) is 8.48. The van der Waals surface area contributed by atoms with Gasteiger partial charge >= 0.3 is 59.5 Å². The van der Waals surface area contributed by atoms with Crippen LogP contribution >= 0.6 is 0 Å². The lowest BCUT2D eigenvalue weighted by atomic mass is 9.83. The quantitative estimate of drug-likeness (QED) is 0.175. The molecular formula is C14H7F19O2. The average Bonchev–Trinajstić information content (AvgIpc) is 2.62. The monoisotopic (exact) mass is 568 g/mol. The van der Waals surface area contributed by atoms with E-state index in [9.17, 15) is 88.2 Å². The molecule has 0 radical (unpaired) electrons. The third-order valence-corrected chi connectivity index (χ3v) is 3.98. The van der Waals surface area contributed by atoms with E-state index in [0.29, 0.717) is 6.92 Å². The molecule has 0 aliphatic carbocycles. The third-order valence-electron chi connectivity index (χ3n) is 3.98. The van der Waals surface area contributed by atoms with E-state index in [1.807, 2.05) is 0 Å². The molecule has 21 heteroatoms. The summed E-state index contributed by atoms with van der Waals surface area (Å²) in [5.74, 6) is -52.9. The lowest BCUT2D eigenvalue weighted by molar-refractivity contribution is -0.472. The molecule has 0 saturated heterocycles. The minimum Gasteiger partial charge on any atom is -0.456 e. The lowest BCUT2D eigenvalue weighted by Crippen LogP contribution is -2.78. The number of hydrogen-bond donors (Lipinski definition) is 0. The Bertz CT molecular complexity index is 804. The standard InChI is InChI=1S/C14H7F19O2/c1-4(2)5(34)35-3-6(15,16)8(18,19)10(22,23)12(26,27)11(24,25)9(20,21)7(17,13(28,29)30)14(31,32)33/h1,3H2,2H3. The van der Waals surface area contributed by atoms with Crippen molar-refractivity contribution in [3.05, 3.63) is 12.2 Å². The van der Waals surface area contributed by atoms with Gasteiger partial charge in [0.2, 0.25) is 0 Å². The summed E-state index contributed by atoms with van der Waals surface area (Å²) in [5.41, 5.74) is -9.73. The molecule has 0 unspecified atom stereocenters. The molecule has 208 valence electrons. The Hall–Kier alpha value is -2.12. The molecule has 0 aromatic rings. The van der Waals surface area contributed by atoms with E-state index in [1.54, 1.807) is 0 Å². The largest absolute Gasteiger partial charge is 0.456 e. The van der Waals surface area contributed by atoms with Gasteiger partial charge in [0.15, 0.2) is 6.61 Å². The van der Waals surface area contributed by atoms with E-state index >= 15 is 0 Å². The highest BCUT2D eigenvalue weighted by Gasteiger charge is 2.98. The van der Waals surface area contributed by atoms with Crippen molar-refractivity contribution < 1.29 is 92.9 Å². The van der Waals surface area contributed by atoms with Gasteiger partial charge < -0.3 is 4.74 Å². The first-order chi connectivity index (χ1) is 14.8. The van der Waals surface area contributed by atoms with Crippen molar-refractivity contribution in [3.63, 3.8) is 0 Å². The average molecular weight is 568 g/mol. The molecule has 0 aromatic carbocycles. The van der Waals surface area contributed by atoms with E-state index in [2.05, 4.69) is 11.3 Å². The second-order valence-corrected chi connectivity index (χ2v) is 6.59. The van der Waals surface area contributed by atoms with Crippen molar-refractivity contribution in [2.45, 2.75) is 60.5 Å². The third kappa shape index (κ3) is 4.46. The number of hydrogen-bond acceptors (Lipinski definition) is 2. The molecule has 0 aliphatic heterocycles. The molecule has 0 spiro atoms. The zero-order chi connectivity index (χ0) is 29.1. The number of carbonyl (C=O) groups excluding carboxylic acids is 1. The highest BCUT2D eigenvalue weighted by Crippen LogP contribution is 2.66. The van der Waals surface area contributed by atoms with Crippen LogP contribution in [0.2, 0.25) is 0 Å². The maximum absolute atomic E-state index is 13.5. The van der Waals surface area contributed by atoms with Crippen LogP contribution in [0.15, 0.2) is 12.2 Å². The van der Waals surface area contributed by atoms with Crippen LogP contribution in [-0.4, -0.2) is 66.1 Å². The number of carbonyl (C=O) groups is 1. The Morgan fingerprint density at radius 2 is 0.857 bits per heavy atom. The van der Waals surface area contributed by atoms with Gasteiger partial charge in [0.05, 0.1) is 0 Å². The van der Waals surface area contributed by atoms with Crippen molar-refractivity contribution in [2.75, 3.05) is 6.61 Å². The van der Waals surface area contributed by atoms with Gasteiger partial charge in [-0.2, -0.15) is 79.0 Å². The molecule has 0 N–H and O–H groups in total. The molecule has 0 amide bonds. The fourth-order valence-electron chi connectivity index (χ4n) is 1.92. The van der Waals surface area contributed by atoms with Gasteiger partial charge in [0.25, 0.3) is 0 Å². The van der Waals surface area contributed by atoms with E-state index < -0.39 is 71.7 Å². The van der Waals surface area contributed by atoms with E-state index in [4.69, 9.17) is 0 Å². The summed E-state index contributed by atoms with van der Waals surface area (Å²) < 4.78 is 252. The highest BCUT2D eigenvalue weighted by molar-refractivity contribution is 5.86. The maximum Gasteiger partial charge on any atom is 0.438 e. The van der Waals surface area contributed by atoms with Crippen LogP contribution in [0.3, 0.4) is 0 Å². The number of ether oxygens (including phenoxy) is 1. The minimum atomic E-state index is -9.09. The molecule has 0 rings (SSSR count). The first-order valence-corrected chi connectivity index (χ1v) is 7.74. The molecule has 0 atom stereocenters. The predicted molar refractivity (Wildman–Crippen MR) is 71.4 cm³/mol. The van der Waals surface area contributed by atoms with Crippen molar-refractivity contribution in [3.8, 4) is 0 Å². The van der Waals surface area contributed by atoms with Gasteiger partial charge in [-0.05, 0) is 6.92 Å². The number of alkyl halides is 19. The molecule has 0 fully saturated rings. The Morgan fingerprint density at radius 3 is 1.14 bits per heavy atom. The van der Waals surface area contributed by atoms with Gasteiger partial charge in [0.1, 0.15) is 0 Å². The van der Waals surface area contributed by atoms with Crippen molar-refractivity contribution >= 4 is 5.97 Å². The molecule has 0 bridgehead atoms. The van der Waals surface area contributed by atoms with Gasteiger partial charge in [-0.1, -0.05) is 6.58 Å². The SMILES string of the molecule is C=C(C)C(=O)OCC(F)(F)C(F)(F)C(F)(F)C(F)(F)C(F)(F)C(F)(F)C(F)(C(F)(F)F)C(F)(F)F.